The minimum atomic E-state index is -0.683. The summed E-state index contributed by atoms with van der Waals surface area (Å²) in [5, 5.41) is 4.17. The van der Waals surface area contributed by atoms with E-state index in [9.17, 15) is 9.59 Å². The molecule has 0 unspecified atom stereocenters. The molecular weight excluding hydrogens is 402 g/mol. The second kappa shape index (κ2) is 7.07. The molecule has 0 saturated carbocycles. The zero-order chi connectivity index (χ0) is 21.9. The molecule has 4 heterocycles. The minimum Gasteiger partial charge on any atom is -0.361 e. The van der Waals surface area contributed by atoms with Gasteiger partial charge in [0, 0.05) is 29.3 Å². The summed E-state index contributed by atoms with van der Waals surface area (Å²) in [6, 6.07) is 15.9. The van der Waals surface area contributed by atoms with Crippen molar-refractivity contribution >= 4 is 28.4 Å². The lowest BCUT2D eigenvalue weighted by atomic mass is 9.77. The van der Waals surface area contributed by atoms with Crippen molar-refractivity contribution in [3.05, 3.63) is 78.0 Å². The van der Waals surface area contributed by atoms with E-state index in [1.807, 2.05) is 66.6 Å². The minimum absolute atomic E-state index is 0.0146. The van der Waals surface area contributed by atoms with Crippen LogP contribution in [0.3, 0.4) is 0 Å². The Balaban J connectivity index is 1.20. The molecule has 1 spiro atoms. The Morgan fingerprint density at radius 2 is 2.03 bits per heavy atom. The number of para-hydroxylation sites is 1. The van der Waals surface area contributed by atoms with Gasteiger partial charge in [-0.2, -0.15) is 0 Å². The molecular formula is C26H25N3O3. The highest BCUT2D eigenvalue weighted by molar-refractivity contribution is 5.99. The second-order valence-electron chi connectivity index (χ2n) is 9.12. The van der Waals surface area contributed by atoms with Crippen molar-refractivity contribution in [1.82, 2.24) is 9.88 Å². The molecule has 2 amide bonds. The maximum Gasteiger partial charge on any atom is 0.231 e. The molecule has 6 rings (SSSR count). The summed E-state index contributed by atoms with van der Waals surface area (Å²) >= 11 is 0. The Hall–Kier alpha value is -3.38. The maximum absolute atomic E-state index is 13.4. The first-order valence-corrected chi connectivity index (χ1v) is 11.1. The molecule has 3 aromatic rings. The molecule has 1 aromatic heterocycles. The molecule has 2 N–H and O–H groups in total. The average molecular weight is 428 g/mol. The number of hydrogen-bond acceptors (Lipinski definition) is 3. The van der Waals surface area contributed by atoms with Crippen molar-refractivity contribution in [1.29, 1.82) is 0 Å². The Labute approximate surface area is 186 Å². The molecule has 3 aliphatic heterocycles. The standard InChI is InChI=1S/C26H25N3O3/c1-16-6-8-18(9-7-16)28-24(30)22-21-10-12-26(32-21)15-29(25(31)23(22)26)13-11-17-14-27-20-5-3-2-4-19(17)20/h2-10,12,14,21-23,27H,11,13,15H2,1H3,(H,28,30)/t21-,22-,23+,26-/m1/s1. The van der Waals surface area contributed by atoms with Crippen LogP contribution in [0.5, 0.6) is 0 Å². The average Bonchev–Trinajstić information content (AvgIpc) is 3.54. The lowest BCUT2D eigenvalue weighted by Gasteiger charge is -2.23. The lowest BCUT2D eigenvalue weighted by Crippen LogP contribution is -2.41. The Morgan fingerprint density at radius 1 is 1.22 bits per heavy atom. The largest absolute Gasteiger partial charge is 0.361 e. The van der Waals surface area contributed by atoms with Gasteiger partial charge in [-0.15, -0.1) is 0 Å². The molecule has 0 aliphatic carbocycles. The molecule has 0 radical (unpaired) electrons. The number of nitrogens with zero attached hydrogens (tertiary/aromatic N) is 1. The number of aromatic nitrogens is 1. The van der Waals surface area contributed by atoms with Gasteiger partial charge in [-0.25, -0.2) is 0 Å². The summed E-state index contributed by atoms with van der Waals surface area (Å²) in [6.45, 7) is 3.11. The molecule has 2 aromatic carbocycles. The fraction of sp³-hybridized carbons (Fsp3) is 0.308. The van der Waals surface area contributed by atoms with Crippen LogP contribution in [0.4, 0.5) is 5.69 Å². The zero-order valence-corrected chi connectivity index (χ0v) is 17.9. The van der Waals surface area contributed by atoms with Crippen LogP contribution in [0.2, 0.25) is 0 Å². The van der Waals surface area contributed by atoms with Crippen LogP contribution in [0, 0.1) is 18.8 Å². The molecule has 2 saturated heterocycles. The summed E-state index contributed by atoms with van der Waals surface area (Å²) < 4.78 is 6.24. The fourth-order valence-electron chi connectivity index (χ4n) is 5.52. The number of carbonyl (C=O) groups excluding carboxylic acids is 2. The van der Waals surface area contributed by atoms with Gasteiger partial charge in [0.05, 0.1) is 24.5 Å². The number of amides is 2. The van der Waals surface area contributed by atoms with Crippen molar-refractivity contribution in [2.45, 2.75) is 25.0 Å². The third-order valence-corrected chi connectivity index (χ3v) is 7.13. The number of fused-ring (bicyclic) bond motifs is 2. The number of H-pyrrole nitrogens is 1. The number of rotatable bonds is 5. The van der Waals surface area contributed by atoms with Crippen molar-refractivity contribution in [2.75, 3.05) is 18.4 Å². The summed E-state index contributed by atoms with van der Waals surface area (Å²) in [6.07, 6.45) is 6.38. The van der Waals surface area contributed by atoms with E-state index >= 15 is 0 Å². The summed E-state index contributed by atoms with van der Waals surface area (Å²) in [5.74, 6) is -1.11. The van der Waals surface area contributed by atoms with Crippen LogP contribution in [0.25, 0.3) is 10.9 Å². The topological polar surface area (TPSA) is 74.4 Å². The lowest BCUT2D eigenvalue weighted by molar-refractivity contribution is -0.135. The van der Waals surface area contributed by atoms with E-state index in [4.69, 9.17) is 4.74 Å². The van der Waals surface area contributed by atoms with Crippen LogP contribution in [-0.2, 0) is 20.7 Å². The molecule has 6 heteroatoms. The third kappa shape index (κ3) is 2.90. The quantitative estimate of drug-likeness (QED) is 0.613. The van der Waals surface area contributed by atoms with Crippen LogP contribution < -0.4 is 5.32 Å². The van der Waals surface area contributed by atoms with E-state index in [1.54, 1.807) is 0 Å². The predicted molar refractivity (Wildman–Crippen MR) is 122 cm³/mol. The summed E-state index contributed by atoms with van der Waals surface area (Å²) in [4.78, 5) is 31.8. The number of ether oxygens (including phenoxy) is 1. The third-order valence-electron chi connectivity index (χ3n) is 7.13. The summed E-state index contributed by atoms with van der Waals surface area (Å²) in [7, 11) is 0. The van der Waals surface area contributed by atoms with Crippen molar-refractivity contribution in [3.63, 3.8) is 0 Å². The number of anilines is 1. The predicted octanol–water partition coefficient (Wildman–Crippen LogP) is 3.44. The molecule has 32 heavy (non-hydrogen) atoms. The van der Waals surface area contributed by atoms with E-state index in [1.165, 1.54) is 10.9 Å². The van der Waals surface area contributed by atoms with Crippen LogP contribution in [0.15, 0.2) is 66.9 Å². The van der Waals surface area contributed by atoms with E-state index in [0.29, 0.717) is 13.1 Å². The molecule has 6 nitrogen and oxygen atoms in total. The van der Waals surface area contributed by atoms with Crippen LogP contribution in [0.1, 0.15) is 11.1 Å². The number of benzene rings is 2. The number of nitrogens with one attached hydrogen (secondary N) is 2. The van der Waals surface area contributed by atoms with Gasteiger partial charge in [-0.1, -0.05) is 48.0 Å². The number of carbonyl (C=O) groups is 2. The van der Waals surface area contributed by atoms with Gasteiger partial charge in [0.25, 0.3) is 0 Å². The van der Waals surface area contributed by atoms with Crippen molar-refractivity contribution in [3.8, 4) is 0 Å². The number of aromatic amines is 1. The van der Waals surface area contributed by atoms with E-state index in [2.05, 4.69) is 22.4 Å². The van der Waals surface area contributed by atoms with Gasteiger partial charge in [0.1, 0.15) is 5.60 Å². The maximum atomic E-state index is 13.4. The van der Waals surface area contributed by atoms with E-state index in [-0.39, 0.29) is 17.9 Å². The first-order chi connectivity index (χ1) is 15.5. The van der Waals surface area contributed by atoms with Crippen molar-refractivity contribution < 1.29 is 14.3 Å². The molecule has 2 fully saturated rings. The van der Waals surface area contributed by atoms with E-state index < -0.39 is 17.4 Å². The smallest absolute Gasteiger partial charge is 0.231 e. The van der Waals surface area contributed by atoms with E-state index in [0.717, 1.165) is 23.2 Å². The monoisotopic (exact) mass is 427 g/mol. The Morgan fingerprint density at radius 3 is 2.88 bits per heavy atom. The second-order valence-corrected chi connectivity index (χ2v) is 9.12. The molecule has 3 aliphatic rings. The van der Waals surface area contributed by atoms with Gasteiger partial charge in [-0.3, -0.25) is 9.59 Å². The number of likely N-dealkylation sites (tertiary alicyclic amines) is 1. The first-order valence-electron chi connectivity index (χ1n) is 11.1. The molecule has 4 atom stereocenters. The zero-order valence-electron chi connectivity index (χ0n) is 17.9. The number of hydrogen-bond donors (Lipinski definition) is 2. The molecule has 162 valence electrons. The van der Waals surface area contributed by atoms with Gasteiger partial charge in [0.15, 0.2) is 0 Å². The van der Waals surface area contributed by atoms with Crippen molar-refractivity contribution in [2.24, 2.45) is 11.8 Å². The van der Waals surface area contributed by atoms with Crippen LogP contribution >= 0.6 is 0 Å². The highest BCUT2D eigenvalue weighted by Gasteiger charge is 2.66. The Bertz CT molecular complexity index is 1240. The normalized spacial score (nSPS) is 28.0. The highest BCUT2D eigenvalue weighted by atomic mass is 16.5. The van der Waals surface area contributed by atoms with Gasteiger partial charge < -0.3 is 19.9 Å². The van der Waals surface area contributed by atoms with Gasteiger partial charge in [-0.05, 0) is 37.1 Å². The Kier molecular flexibility index (Phi) is 4.27. The summed E-state index contributed by atoms with van der Waals surface area (Å²) in [5.41, 5.74) is 3.48. The van der Waals surface area contributed by atoms with Crippen LogP contribution in [-0.4, -0.2) is 46.5 Å². The molecule has 2 bridgehead atoms. The van der Waals surface area contributed by atoms with Gasteiger partial charge in [0.2, 0.25) is 11.8 Å². The SMILES string of the molecule is Cc1ccc(NC(=O)[C@H]2[C@H]3C(=O)N(CCc4c[nH]c5ccccc45)C[C@]34C=C[C@H]2O4)cc1. The fourth-order valence-corrected chi connectivity index (χ4v) is 5.52. The number of aryl methyl sites for hydroxylation is 1. The van der Waals surface area contributed by atoms with Gasteiger partial charge >= 0.3 is 0 Å². The highest BCUT2D eigenvalue weighted by Crippen LogP contribution is 2.52. The first kappa shape index (κ1) is 19.3.